The molecule has 0 aromatic carbocycles. The second-order valence-corrected chi connectivity index (χ2v) is 4.79. The Kier molecular flexibility index (Phi) is 2.78. The normalized spacial score (nSPS) is 18.9. The molecule has 0 saturated heterocycles. The van der Waals surface area contributed by atoms with Gasteiger partial charge in [0.1, 0.15) is 0 Å². The Hall–Kier alpha value is -1.63. The van der Waals surface area contributed by atoms with Crippen LogP contribution in [0.15, 0.2) is 0 Å². The van der Waals surface area contributed by atoms with Crippen LogP contribution in [0.5, 0.6) is 0 Å². The first kappa shape index (κ1) is 10.9. The van der Waals surface area contributed by atoms with Gasteiger partial charge in [0.25, 0.3) is 0 Å². The predicted molar refractivity (Wildman–Crippen MR) is 60.8 cm³/mol. The fourth-order valence-electron chi connectivity index (χ4n) is 1.75. The van der Waals surface area contributed by atoms with Gasteiger partial charge in [0, 0.05) is 4.88 Å². The quantitative estimate of drug-likeness (QED) is 0.447. The molecule has 7 heteroatoms. The average molecular weight is 240 g/mol. The largest absolute Gasteiger partial charge is 0.481 e. The minimum Gasteiger partial charge on any atom is -0.481 e. The van der Waals surface area contributed by atoms with Gasteiger partial charge in [-0.05, 0) is 19.3 Å². The Morgan fingerprint density at radius 2 is 2.44 bits per heavy atom. The molecule has 1 heterocycles. The zero-order valence-electron chi connectivity index (χ0n) is 8.49. The summed E-state index contributed by atoms with van der Waals surface area (Å²) in [5, 5.41) is 19.2. The molecular formula is C9H12N4O2S. The standard InChI is InChI=1S/C9H12N4O2S/c10-8(11)13-9-12-5-2-1-4(7(14)15)3-6(5)16-9/h4H,1-3H2,(H,14,15)(H4,10,11,12,13). The highest BCUT2D eigenvalue weighted by molar-refractivity contribution is 7.15. The summed E-state index contributed by atoms with van der Waals surface area (Å²) in [6.45, 7) is 0. The fraction of sp³-hybridized carbons (Fsp3) is 0.444. The molecule has 0 aliphatic heterocycles. The molecule has 16 heavy (non-hydrogen) atoms. The lowest BCUT2D eigenvalue weighted by Gasteiger charge is -2.16. The van der Waals surface area contributed by atoms with Crippen LogP contribution in [-0.4, -0.2) is 22.0 Å². The van der Waals surface area contributed by atoms with E-state index in [4.69, 9.17) is 16.2 Å². The van der Waals surface area contributed by atoms with Crippen LogP contribution in [0, 0.1) is 11.3 Å². The van der Waals surface area contributed by atoms with Crippen molar-refractivity contribution in [3.05, 3.63) is 10.6 Å². The van der Waals surface area contributed by atoms with Gasteiger partial charge >= 0.3 is 5.97 Å². The highest BCUT2D eigenvalue weighted by Gasteiger charge is 2.27. The number of aromatic nitrogens is 1. The van der Waals surface area contributed by atoms with Crippen molar-refractivity contribution in [3.63, 3.8) is 0 Å². The summed E-state index contributed by atoms with van der Waals surface area (Å²) in [6.07, 6.45) is 1.84. The van der Waals surface area contributed by atoms with Gasteiger partial charge in [0.2, 0.25) is 0 Å². The van der Waals surface area contributed by atoms with E-state index < -0.39 is 5.97 Å². The summed E-state index contributed by atoms with van der Waals surface area (Å²) < 4.78 is 0. The SMILES string of the molecule is N=C(N)Nc1nc2c(s1)CC(C(=O)O)CC2. The molecule has 0 fully saturated rings. The maximum Gasteiger partial charge on any atom is 0.306 e. The lowest BCUT2D eigenvalue weighted by Crippen LogP contribution is -2.21. The van der Waals surface area contributed by atoms with E-state index in [1.54, 1.807) is 0 Å². The maximum absolute atomic E-state index is 10.9. The van der Waals surface area contributed by atoms with Crippen molar-refractivity contribution in [1.29, 1.82) is 5.41 Å². The third-order valence-corrected chi connectivity index (χ3v) is 3.57. The van der Waals surface area contributed by atoms with Crippen molar-refractivity contribution in [3.8, 4) is 0 Å². The molecule has 0 amide bonds. The number of carboxylic acids is 1. The van der Waals surface area contributed by atoms with Crippen LogP contribution < -0.4 is 11.1 Å². The number of carboxylic acid groups (broad SMARTS) is 1. The molecule has 1 aliphatic carbocycles. The van der Waals surface area contributed by atoms with E-state index in [0.717, 1.165) is 10.6 Å². The molecule has 1 aliphatic rings. The molecule has 2 rings (SSSR count). The lowest BCUT2D eigenvalue weighted by atomic mass is 9.91. The second-order valence-electron chi connectivity index (χ2n) is 3.71. The van der Waals surface area contributed by atoms with E-state index in [2.05, 4.69) is 10.3 Å². The summed E-state index contributed by atoms with van der Waals surface area (Å²) in [5.41, 5.74) is 6.14. The number of thiazole rings is 1. The Morgan fingerprint density at radius 3 is 3.06 bits per heavy atom. The molecule has 1 unspecified atom stereocenters. The number of hydrogen-bond acceptors (Lipinski definition) is 4. The van der Waals surface area contributed by atoms with Crippen LogP contribution in [0.2, 0.25) is 0 Å². The molecule has 0 bridgehead atoms. The number of aryl methyl sites for hydroxylation is 1. The van der Waals surface area contributed by atoms with Crippen LogP contribution in [0.25, 0.3) is 0 Å². The van der Waals surface area contributed by atoms with E-state index in [-0.39, 0.29) is 11.9 Å². The van der Waals surface area contributed by atoms with E-state index in [9.17, 15) is 4.79 Å². The first-order valence-electron chi connectivity index (χ1n) is 4.88. The minimum atomic E-state index is -0.750. The summed E-state index contributed by atoms with van der Waals surface area (Å²) in [7, 11) is 0. The first-order valence-corrected chi connectivity index (χ1v) is 5.70. The molecular weight excluding hydrogens is 228 g/mol. The van der Waals surface area contributed by atoms with Crippen LogP contribution >= 0.6 is 11.3 Å². The summed E-state index contributed by atoms with van der Waals surface area (Å²) in [4.78, 5) is 16.1. The van der Waals surface area contributed by atoms with Gasteiger partial charge in [-0.2, -0.15) is 0 Å². The van der Waals surface area contributed by atoms with Gasteiger partial charge in [0.15, 0.2) is 11.1 Å². The van der Waals surface area contributed by atoms with Crippen molar-refractivity contribution in [1.82, 2.24) is 4.98 Å². The number of aliphatic carboxylic acids is 1. The van der Waals surface area contributed by atoms with E-state index in [0.29, 0.717) is 24.4 Å². The smallest absolute Gasteiger partial charge is 0.306 e. The van der Waals surface area contributed by atoms with Crippen molar-refractivity contribution in [2.75, 3.05) is 5.32 Å². The lowest BCUT2D eigenvalue weighted by molar-refractivity contribution is -0.142. The molecule has 86 valence electrons. The topological polar surface area (TPSA) is 112 Å². The highest BCUT2D eigenvalue weighted by Crippen LogP contribution is 2.32. The van der Waals surface area contributed by atoms with Crippen LogP contribution in [0.4, 0.5) is 5.13 Å². The highest BCUT2D eigenvalue weighted by atomic mass is 32.1. The fourth-order valence-corrected chi connectivity index (χ4v) is 2.85. The van der Waals surface area contributed by atoms with Crippen molar-refractivity contribution >= 4 is 28.4 Å². The number of guanidine groups is 1. The van der Waals surface area contributed by atoms with E-state index >= 15 is 0 Å². The Labute approximate surface area is 96.0 Å². The molecule has 0 spiro atoms. The Bertz CT molecular complexity index is 443. The predicted octanol–water partition coefficient (Wildman–Crippen LogP) is 0.638. The van der Waals surface area contributed by atoms with Gasteiger partial charge in [0.05, 0.1) is 11.6 Å². The summed E-state index contributed by atoms with van der Waals surface area (Å²) >= 11 is 1.38. The zero-order valence-corrected chi connectivity index (χ0v) is 9.30. The number of nitrogens with two attached hydrogens (primary N) is 1. The van der Waals surface area contributed by atoms with Gasteiger partial charge in [-0.25, -0.2) is 4.98 Å². The number of nitrogens with one attached hydrogen (secondary N) is 2. The molecule has 5 N–H and O–H groups in total. The number of carbonyl (C=O) groups is 1. The molecule has 0 radical (unpaired) electrons. The van der Waals surface area contributed by atoms with Crippen molar-refractivity contribution in [2.45, 2.75) is 19.3 Å². The summed E-state index contributed by atoms with van der Waals surface area (Å²) in [6, 6.07) is 0. The molecule has 1 aromatic heterocycles. The van der Waals surface area contributed by atoms with Gasteiger partial charge in [-0.3, -0.25) is 10.2 Å². The summed E-state index contributed by atoms with van der Waals surface area (Å²) in [5.74, 6) is -1.21. The number of anilines is 1. The van der Waals surface area contributed by atoms with Gasteiger partial charge in [-0.1, -0.05) is 0 Å². The monoisotopic (exact) mass is 240 g/mol. The number of hydrogen-bond donors (Lipinski definition) is 4. The maximum atomic E-state index is 10.9. The molecule has 1 aromatic rings. The third-order valence-electron chi connectivity index (χ3n) is 2.53. The molecule has 0 saturated carbocycles. The number of rotatable bonds is 2. The van der Waals surface area contributed by atoms with Gasteiger partial charge in [-0.15, -0.1) is 11.3 Å². The van der Waals surface area contributed by atoms with Crippen LogP contribution in [-0.2, 0) is 17.6 Å². The Morgan fingerprint density at radius 1 is 1.69 bits per heavy atom. The van der Waals surface area contributed by atoms with E-state index in [1.807, 2.05) is 0 Å². The van der Waals surface area contributed by atoms with E-state index in [1.165, 1.54) is 11.3 Å². The van der Waals surface area contributed by atoms with Gasteiger partial charge < -0.3 is 16.2 Å². The third kappa shape index (κ3) is 2.13. The first-order chi connectivity index (χ1) is 7.56. The van der Waals surface area contributed by atoms with Crippen LogP contribution in [0.1, 0.15) is 17.0 Å². The number of nitrogens with zero attached hydrogens (tertiary/aromatic N) is 1. The zero-order chi connectivity index (χ0) is 11.7. The van der Waals surface area contributed by atoms with Crippen molar-refractivity contribution < 1.29 is 9.90 Å². The second kappa shape index (κ2) is 4.09. The van der Waals surface area contributed by atoms with Crippen LogP contribution in [0.3, 0.4) is 0 Å². The average Bonchev–Trinajstić information content (AvgIpc) is 2.56. The minimum absolute atomic E-state index is 0.152. The Balaban J connectivity index is 2.16. The number of fused-ring (bicyclic) bond motifs is 1. The molecule has 1 atom stereocenters. The van der Waals surface area contributed by atoms with Crippen molar-refractivity contribution in [2.24, 2.45) is 11.7 Å². The molecule has 6 nitrogen and oxygen atoms in total.